The quantitative estimate of drug-likeness (QED) is 0.464. The molecule has 0 N–H and O–H groups in total. The van der Waals surface area contributed by atoms with Gasteiger partial charge in [0.05, 0.1) is 6.42 Å². The molecule has 1 aliphatic heterocycles. The van der Waals surface area contributed by atoms with Crippen molar-refractivity contribution >= 4 is 11.9 Å². The standard InChI is InChI=1S/C7H8O4/c8-6-2-1-3-7(9)11-5-4-10-6/h1-2H,3-5H2. The minimum absolute atomic E-state index is 0.134. The summed E-state index contributed by atoms with van der Waals surface area (Å²) in [6.07, 6.45) is 2.79. The van der Waals surface area contributed by atoms with E-state index in [0.717, 1.165) is 0 Å². The Hall–Kier alpha value is -1.32. The fourth-order valence-corrected chi connectivity index (χ4v) is 0.656. The van der Waals surface area contributed by atoms with Gasteiger partial charge in [-0.1, -0.05) is 6.08 Å². The predicted octanol–water partition coefficient (Wildman–Crippen LogP) is 0.0327. The van der Waals surface area contributed by atoms with E-state index in [4.69, 9.17) is 0 Å². The van der Waals surface area contributed by atoms with E-state index in [9.17, 15) is 9.59 Å². The molecule has 1 heterocycles. The first-order valence-corrected chi connectivity index (χ1v) is 3.28. The third kappa shape index (κ3) is 2.84. The second kappa shape index (κ2) is 3.75. The van der Waals surface area contributed by atoms with Crippen LogP contribution in [-0.4, -0.2) is 25.2 Å². The maximum absolute atomic E-state index is 10.7. The molecule has 0 unspecified atom stereocenters. The molecule has 60 valence electrons. The fraction of sp³-hybridized carbons (Fsp3) is 0.429. The lowest BCUT2D eigenvalue weighted by Gasteiger charge is -2.00. The summed E-state index contributed by atoms with van der Waals surface area (Å²) in [7, 11) is 0. The van der Waals surface area contributed by atoms with Gasteiger partial charge in [0.25, 0.3) is 0 Å². The molecule has 0 saturated heterocycles. The average molecular weight is 156 g/mol. The molecule has 0 aromatic carbocycles. The highest BCUT2D eigenvalue weighted by Gasteiger charge is 2.04. The largest absolute Gasteiger partial charge is 0.462 e. The summed E-state index contributed by atoms with van der Waals surface area (Å²) in [6.45, 7) is 0.279. The summed E-state index contributed by atoms with van der Waals surface area (Å²) in [5.74, 6) is -0.761. The van der Waals surface area contributed by atoms with E-state index in [0.29, 0.717) is 0 Å². The first-order chi connectivity index (χ1) is 5.29. The lowest BCUT2D eigenvalue weighted by molar-refractivity contribution is -0.148. The Bertz CT molecular complexity index is 195. The molecule has 0 atom stereocenters. The van der Waals surface area contributed by atoms with Gasteiger partial charge in [0.1, 0.15) is 13.2 Å². The number of hydrogen-bond acceptors (Lipinski definition) is 4. The SMILES string of the molecule is O=C1C=CCC(=O)OCCO1. The monoisotopic (exact) mass is 156 g/mol. The van der Waals surface area contributed by atoms with Crippen LogP contribution in [0.5, 0.6) is 0 Å². The summed E-state index contributed by atoms with van der Waals surface area (Å²) in [5.41, 5.74) is 0. The summed E-state index contributed by atoms with van der Waals surface area (Å²) in [4.78, 5) is 21.3. The van der Waals surface area contributed by atoms with Crippen LogP contribution in [-0.2, 0) is 19.1 Å². The van der Waals surface area contributed by atoms with Crippen molar-refractivity contribution in [1.82, 2.24) is 0 Å². The smallest absolute Gasteiger partial charge is 0.330 e. The first-order valence-electron chi connectivity index (χ1n) is 3.28. The first kappa shape index (κ1) is 7.78. The molecule has 4 heteroatoms. The van der Waals surface area contributed by atoms with E-state index >= 15 is 0 Å². The Morgan fingerprint density at radius 2 is 1.91 bits per heavy atom. The van der Waals surface area contributed by atoms with E-state index in [1.807, 2.05) is 0 Å². The Kier molecular flexibility index (Phi) is 2.66. The summed E-state index contributed by atoms with van der Waals surface area (Å²) >= 11 is 0. The highest BCUT2D eigenvalue weighted by atomic mass is 16.6. The summed E-state index contributed by atoms with van der Waals surface area (Å²) in [6, 6.07) is 0. The van der Waals surface area contributed by atoms with Crippen molar-refractivity contribution in [3.8, 4) is 0 Å². The van der Waals surface area contributed by atoms with E-state index in [2.05, 4.69) is 9.47 Å². The van der Waals surface area contributed by atoms with Crippen LogP contribution >= 0.6 is 0 Å². The summed E-state index contributed by atoms with van der Waals surface area (Å²) in [5, 5.41) is 0. The van der Waals surface area contributed by atoms with Crippen LogP contribution < -0.4 is 0 Å². The van der Waals surface area contributed by atoms with Crippen LogP contribution in [0.3, 0.4) is 0 Å². The number of esters is 2. The zero-order valence-corrected chi connectivity index (χ0v) is 5.91. The lowest BCUT2D eigenvalue weighted by Crippen LogP contribution is -2.09. The van der Waals surface area contributed by atoms with Crippen molar-refractivity contribution < 1.29 is 19.1 Å². The topological polar surface area (TPSA) is 52.6 Å². The third-order valence-corrected chi connectivity index (χ3v) is 1.13. The van der Waals surface area contributed by atoms with Crippen molar-refractivity contribution in [2.75, 3.05) is 13.2 Å². The van der Waals surface area contributed by atoms with Crippen LogP contribution in [0, 0.1) is 0 Å². The van der Waals surface area contributed by atoms with Gasteiger partial charge in [-0.25, -0.2) is 4.79 Å². The van der Waals surface area contributed by atoms with Gasteiger partial charge in [0.15, 0.2) is 0 Å². The Morgan fingerprint density at radius 3 is 2.73 bits per heavy atom. The normalized spacial score (nSPS) is 19.3. The van der Waals surface area contributed by atoms with Crippen LogP contribution in [0.15, 0.2) is 12.2 Å². The number of ether oxygens (including phenoxy) is 2. The van der Waals surface area contributed by atoms with Gasteiger partial charge >= 0.3 is 11.9 Å². The molecule has 0 amide bonds. The molecule has 1 rings (SSSR count). The maximum Gasteiger partial charge on any atom is 0.330 e. The Balaban J connectivity index is 2.50. The van der Waals surface area contributed by atoms with Crippen molar-refractivity contribution in [3.05, 3.63) is 12.2 Å². The highest BCUT2D eigenvalue weighted by molar-refractivity contribution is 5.83. The number of carbonyl (C=O) groups excluding carboxylic acids is 2. The number of carbonyl (C=O) groups is 2. The maximum atomic E-state index is 10.7. The van der Waals surface area contributed by atoms with Gasteiger partial charge in [-0.05, 0) is 0 Å². The number of rotatable bonds is 0. The second-order valence-corrected chi connectivity index (χ2v) is 1.99. The zero-order chi connectivity index (χ0) is 8.10. The highest BCUT2D eigenvalue weighted by Crippen LogP contribution is 1.93. The van der Waals surface area contributed by atoms with Crippen molar-refractivity contribution in [2.24, 2.45) is 0 Å². The molecule has 1 aliphatic rings. The van der Waals surface area contributed by atoms with Crippen LogP contribution in [0.2, 0.25) is 0 Å². The molecule has 0 radical (unpaired) electrons. The number of hydrogen-bond donors (Lipinski definition) is 0. The molecule has 0 saturated carbocycles. The molecule has 0 aliphatic carbocycles. The Morgan fingerprint density at radius 1 is 1.18 bits per heavy atom. The fourth-order valence-electron chi connectivity index (χ4n) is 0.656. The van der Waals surface area contributed by atoms with Crippen molar-refractivity contribution in [1.29, 1.82) is 0 Å². The van der Waals surface area contributed by atoms with E-state index < -0.39 is 5.97 Å². The van der Waals surface area contributed by atoms with Crippen LogP contribution in [0.25, 0.3) is 0 Å². The van der Waals surface area contributed by atoms with E-state index in [1.54, 1.807) is 0 Å². The molecule has 0 spiro atoms. The second-order valence-electron chi connectivity index (χ2n) is 1.99. The molecule has 11 heavy (non-hydrogen) atoms. The van der Waals surface area contributed by atoms with Crippen molar-refractivity contribution in [2.45, 2.75) is 6.42 Å². The van der Waals surface area contributed by atoms with Gasteiger partial charge in [0, 0.05) is 6.08 Å². The predicted molar refractivity (Wildman–Crippen MR) is 35.7 cm³/mol. The molecule has 0 bridgehead atoms. The lowest BCUT2D eigenvalue weighted by atomic mass is 10.4. The molecular weight excluding hydrogens is 148 g/mol. The summed E-state index contributed by atoms with van der Waals surface area (Å²) < 4.78 is 9.25. The third-order valence-electron chi connectivity index (χ3n) is 1.13. The molecule has 4 nitrogen and oxygen atoms in total. The van der Waals surface area contributed by atoms with E-state index in [-0.39, 0.29) is 25.6 Å². The van der Waals surface area contributed by atoms with Gasteiger partial charge in [0.2, 0.25) is 0 Å². The van der Waals surface area contributed by atoms with Gasteiger partial charge < -0.3 is 9.47 Å². The van der Waals surface area contributed by atoms with Gasteiger partial charge in [-0.3, -0.25) is 4.79 Å². The average Bonchev–Trinajstić information content (AvgIpc) is 2.04. The Labute approximate surface area is 63.8 Å². The minimum atomic E-state index is -0.427. The van der Waals surface area contributed by atoms with Crippen molar-refractivity contribution in [3.63, 3.8) is 0 Å². The van der Waals surface area contributed by atoms with Crippen LogP contribution in [0.1, 0.15) is 6.42 Å². The van der Waals surface area contributed by atoms with Crippen LogP contribution in [0.4, 0.5) is 0 Å². The number of cyclic esters (lactones) is 2. The van der Waals surface area contributed by atoms with E-state index in [1.165, 1.54) is 12.2 Å². The minimum Gasteiger partial charge on any atom is -0.462 e. The molecular formula is C7H8O4. The molecule has 0 aromatic heterocycles. The van der Waals surface area contributed by atoms with Gasteiger partial charge in [-0.2, -0.15) is 0 Å². The zero-order valence-electron chi connectivity index (χ0n) is 5.91. The molecule has 0 fully saturated rings. The molecule has 0 aromatic rings. The van der Waals surface area contributed by atoms with Gasteiger partial charge in [-0.15, -0.1) is 0 Å².